The summed E-state index contributed by atoms with van der Waals surface area (Å²) >= 11 is 0. The Morgan fingerprint density at radius 1 is 1.00 bits per heavy atom. The summed E-state index contributed by atoms with van der Waals surface area (Å²) in [5.41, 5.74) is -1.33. The van der Waals surface area contributed by atoms with E-state index in [4.69, 9.17) is 5.11 Å². The van der Waals surface area contributed by atoms with Gasteiger partial charge in [-0.1, -0.05) is 40.0 Å². The third-order valence-corrected chi connectivity index (χ3v) is 6.29. The van der Waals surface area contributed by atoms with Gasteiger partial charge in [0, 0.05) is 5.41 Å². The second-order valence-electron chi connectivity index (χ2n) is 5.62. The molecule has 0 rings (SSSR count). The lowest BCUT2D eigenvalue weighted by Crippen LogP contribution is -2.60. The smallest absolute Gasteiger partial charge is 0.328 e. The first-order chi connectivity index (χ1) is 10.0. The van der Waals surface area contributed by atoms with E-state index in [-0.39, 0.29) is 25.4 Å². The van der Waals surface area contributed by atoms with Gasteiger partial charge in [0.1, 0.15) is 0 Å². The van der Waals surface area contributed by atoms with Crippen molar-refractivity contribution in [2.75, 3.05) is 0 Å². The van der Waals surface area contributed by atoms with E-state index in [1.807, 2.05) is 6.92 Å². The summed E-state index contributed by atoms with van der Waals surface area (Å²) < 4.78 is 30.8. The standard InChI is InChI=1S/C14H26O7S.H3N/c1-4-7-8-9-13(5-2,6-3)14(12(17)18,10-11(15)16)22(19,20)21;/h4-10H2,1-3H3,(H,15,16)(H,17,18)(H,19,20,21);1H3. The van der Waals surface area contributed by atoms with Gasteiger partial charge in [-0.15, -0.1) is 0 Å². The van der Waals surface area contributed by atoms with Crippen LogP contribution in [0, 0.1) is 5.41 Å². The summed E-state index contributed by atoms with van der Waals surface area (Å²) in [5, 5.41) is 18.6. The predicted molar refractivity (Wildman–Crippen MR) is 86.3 cm³/mol. The van der Waals surface area contributed by atoms with E-state index in [9.17, 15) is 27.7 Å². The highest BCUT2D eigenvalue weighted by Gasteiger charge is 2.64. The zero-order chi connectivity index (χ0) is 17.6. The minimum Gasteiger partial charge on any atom is -0.481 e. The Morgan fingerprint density at radius 3 is 1.74 bits per heavy atom. The Morgan fingerprint density at radius 2 is 1.48 bits per heavy atom. The average molecular weight is 355 g/mol. The molecule has 6 N–H and O–H groups in total. The van der Waals surface area contributed by atoms with E-state index in [2.05, 4.69) is 0 Å². The molecule has 0 spiro atoms. The highest BCUT2D eigenvalue weighted by Crippen LogP contribution is 2.49. The first kappa shape index (κ1) is 24.1. The van der Waals surface area contributed by atoms with Gasteiger partial charge in [0.2, 0.25) is 4.75 Å². The molecule has 0 aliphatic heterocycles. The zero-order valence-electron chi connectivity index (χ0n) is 14.0. The lowest BCUT2D eigenvalue weighted by Gasteiger charge is -2.44. The Hall–Kier alpha value is -1.19. The van der Waals surface area contributed by atoms with Crippen LogP contribution in [0.15, 0.2) is 0 Å². The normalized spacial score (nSPS) is 14.6. The van der Waals surface area contributed by atoms with Crippen molar-refractivity contribution in [1.29, 1.82) is 0 Å². The molecule has 0 aliphatic carbocycles. The van der Waals surface area contributed by atoms with E-state index < -0.39 is 38.6 Å². The van der Waals surface area contributed by atoms with Crippen molar-refractivity contribution in [3.05, 3.63) is 0 Å². The zero-order valence-corrected chi connectivity index (χ0v) is 14.9. The molecule has 0 aliphatic rings. The Balaban J connectivity index is 0. The number of carbonyl (C=O) groups is 2. The van der Waals surface area contributed by atoms with Crippen molar-refractivity contribution in [2.24, 2.45) is 5.41 Å². The largest absolute Gasteiger partial charge is 0.481 e. The molecule has 0 bridgehead atoms. The van der Waals surface area contributed by atoms with Gasteiger partial charge in [0.25, 0.3) is 10.1 Å². The van der Waals surface area contributed by atoms with Gasteiger partial charge in [0.05, 0.1) is 6.42 Å². The number of carboxylic acid groups (broad SMARTS) is 2. The molecule has 0 amide bonds. The SMILES string of the molecule is CCCCCC(CC)(CC)C(CC(=O)O)(C(=O)O)S(=O)(=O)O.N. The van der Waals surface area contributed by atoms with Crippen molar-refractivity contribution >= 4 is 22.1 Å². The monoisotopic (exact) mass is 355 g/mol. The quantitative estimate of drug-likeness (QED) is 0.324. The highest BCUT2D eigenvalue weighted by molar-refractivity contribution is 7.88. The molecule has 23 heavy (non-hydrogen) atoms. The minimum absolute atomic E-state index is 0. The van der Waals surface area contributed by atoms with Gasteiger partial charge in [-0.05, 0) is 19.3 Å². The molecule has 0 radical (unpaired) electrons. The highest BCUT2D eigenvalue weighted by atomic mass is 32.2. The van der Waals surface area contributed by atoms with E-state index in [1.54, 1.807) is 13.8 Å². The van der Waals surface area contributed by atoms with Crippen molar-refractivity contribution in [3.8, 4) is 0 Å². The Bertz CT molecular complexity index is 499. The maximum Gasteiger partial charge on any atom is 0.328 e. The van der Waals surface area contributed by atoms with Crippen molar-refractivity contribution in [1.82, 2.24) is 6.15 Å². The van der Waals surface area contributed by atoms with Gasteiger partial charge in [-0.3, -0.25) is 14.1 Å². The average Bonchev–Trinajstić information content (AvgIpc) is 2.40. The molecule has 9 heteroatoms. The van der Waals surface area contributed by atoms with E-state index in [1.165, 1.54) is 0 Å². The van der Waals surface area contributed by atoms with E-state index in [0.717, 1.165) is 12.8 Å². The predicted octanol–water partition coefficient (Wildman–Crippen LogP) is 2.72. The topological polar surface area (TPSA) is 164 Å². The van der Waals surface area contributed by atoms with Crippen LogP contribution in [-0.4, -0.2) is 39.9 Å². The van der Waals surface area contributed by atoms with Crippen molar-refractivity contribution in [3.63, 3.8) is 0 Å². The van der Waals surface area contributed by atoms with Gasteiger partial charge in [0.15, 0.2) is 0 Å². The molecule has 0 saturated carbocycles. The third-order valence-electron chi connectivity index (χ3n) is 4.66. The van der Waals surface area contributed by atoms with Crippen molar-refractivity contribution < 1.29 is 32.8 Å². The number of aliphatic carboxylic acids is 2. The molecule has 8 nitrogen and oxygen atoms in total. The third kappa shape index (κ3) is 4.65. The maximum absolute atomic E-state index is 11.9. The molecule has 0 aromatic carbocycles. The molecule has 1 unspecified atom stereocenters. The van der Waals surface area contributed by atoms with E-state index >= 15 is 0 Å². The lowest BCUT2D eigenvalue weighted by molar-refractivity contribution is -0.152. The first-order valence-electron chi connectivity index (χ1n) is 7.46. The number of hydrogen-bond acceptors (Lipinski definition) is 5. The van der Waals surface area contributed by atoms with Gasteiger partial charge in [-0.25, -0.2) is 0 Å². The number of unbranched alkanes of at least 4 members (excludes halogenated alkanes) is 2. The summed E-state index contributed by atoms with van der Waals surface area (Å²) in [6, 6.07) is 0. The van der Waals surface area contributed by atoms with Crippen LogP contribution in [0.1, 0.15) is 65.7 Å². The first-order valence-corrected chi connectivity index (χ1v) is 8.90. The van der Waals surface area contributed by atoms with Crippen LogP contribution in [0.4, 0.5) is 0 Å². The van der Waals surface area contributed by atoms with Crippen LogP contribution in [0.25, 0.3) is 0 Å². The molecule has 0 saturated heterocycles. The Labute approximate surface area is 137 Å². The molecule has 0 aromatic rings. The molecular formula is C14H29NO7S. The fourth-order valence-electron chi connectivity index (χ4n) is 3.27. The van der Waals surface area contributed by atoms with Crippen molar-refractivity contribution in [2.45, 2.75) is 70.5 Å². The van der Waals surface area contributed by atoms with Crippen LogP contribution in [-0.2, 0) is 19.7 Å². The molecule has 1 atom stereocenters. The summed E-state index contributed by atoms with van der Waals surface area (Å²) in [7, 11) is -5.12. The fraction of sp³-hybridized carbons (Fsp3) is 0.857. The summed E-state index contributed by atoms with van der Waals surface area (Å²) in [6.07, 6.45) is 1.56. The maximum atomic E-state index is 11.9. The fourth-order valence-corrected chi connectivity index (χ4v) is 4.73. The minimum atomic E-state index is -5.12. The molecular weight excluding hydrogens is 326 g/mol. The second-order valence-corrected chi connectivity index (χ2v) is 7.27. The van der Waals surface area contributed by atoms with Gasteiger partial charge >= 0.3 is 11.9 Å². The van der Waals surface area contributed by atoms with E-state index in [0.29, 0.717) is 6.42 Å². The summed E-state index contributed by atoms with van der Waals surface area (Å²) in [4.78, 5) is 22.9. The van der Waals surface area contributed by atoms with Gasteiger partial charge < -0.3 is 16.4 Å². The van der Waals surface area contributed by atoms with Crippen LogP contribution < -0.4 is 6.15 Å². The summed E-state index contributed by atoms with van der Waals surface area (Å²) in [6.45, 7) is 5.20. The molecule has 0 heterocycles. The number of rotatable bonds is 11. The number of hydrogen-bond donors (Lipinski definition) is 4. The molecule has 138 valence electrons. The van der Waals surface area contributed by atoms with Crippen LogP contribution in [0.5, 0.6) is 0 Å². The van der Waals surface area contributed by atoms with Crippen LogP contribution >= 0.6 is 0 Å². The van der Waals surface area contributed by atoms with Crippen LogP contribution in [0.3, 0.4) is 0 Å². The lowest BCUT2D eigenvalue weighted by atomic mass is 9.66. The van der Waals surface area contributed by atoms with Gasteiger partial charge in [-0.2, -0.15) is 8.42 Å². The molecule has 0 aromatic heterocycles. The molecule has 0 fully saturated rings. The second kappa shape index (κ2) is 9.19. The van der Waals surface area contributed by atoms with Crippen LogP contribution in [0.2, 0.25) is 0 Å². The Kier molecular flexibility index (Phi) is 9.62. The summed E-state index contributed by atoms with van der Waals surface area (Å²) in [5.74, 6) is -3.38. The number of carboxylic acids is 2.